The predicted octanol–water partition coefficient (Wildman–Crippen LogP) is 3.59. The van der Waals surface area contributed by atoms with E-state index in [0.29, 0.717) is 6.54 Å². The van der Waals surface area contributed by atoms with E-state index in [9.17, 15) is 4.79 Å². The molecule has 4 nitrogen and oxygen atoms in total. The number of likely N-dealkylation sites (N-methyl/N-ethyl adjacent to an activating group) is 1. The number of nitrogens with one attached hydrogen (secondary N) is 1. The van der Waals surface area contributed by atoms with Gasteiger partial charge in [-0.25, -0.2) is 0 Å². The molecule has 132 valence electrons. The van der Waals surface area contributed by atoms with Crippen molar-refractivity contribution in [1.29, 1.82) is 0 Å². The maximum absolute atomic E-state index is 13.0. The van der Waals surface area contributed by atoms with Crippen LogP contribution in [0.2, 0.25) is 0 Å². The highest BCUT2D eigenvalue weighted by molar-refractivity contribution is 6.07. The largest absolute Gasteiger partial charge is 0.373 e. The summed E-state index contributed by atoms with van der Waals surface area (Å²) in [7, 11) is 2.04. The molecule has 1 amide bonds. The summed E-state index contributed by atoms with van der Waals surface area (Å²) in [5, 5.41) is 4.07. The zero-order valence-corrected chi connectivity index (χ0v) is 15.0. The van der Waals surface area contributed by atoms with Gasteiger partial charge in [-0.3, -0.25) is 9.78 Å². The van der Waals surface area contributed by atoms with Crippen LogP contribution in [0.3, 0.4) is 0 Å². The lowest BCUT2D eigenvalue weighted by Gasteiger charge is -2.20. The van der Waals surface area contributed by atoms with Crippen molar-refractivity contribution in [3.05, 3.63) is 71.4 Å². The van der Waals surface area contributed by atoms with Crippen LogP contribution in [0.1, 0.15) is 28.0 Å². The molecule has 4 heteroatoms. The molecule has 1 N–H and O–H groups in total. The van der Waals surface area contributed by atoms with Crippen LogP contribution in [0.15, 0.2) is 54.6 Å². The minimum atomic E-state index is 0.0169. The summed E-state index contributed by atoms with van der Waals surface area (Å²) in [6, 6.07) is 18.2. The Balaban J connectivity index is 1.52. The molecule has 0 unspecified atom stereocenters. The van der Waals surface area contributed by atoms with Gasteiger partial charge < -0.3 is 10.2 Å². The number of carbonyl (C=O) groups is 1. The number of anilines is 1. The van der Waals surface area contributed by atoms with E-state index in [1.807, 2.05) is 49.5 Å². The van der Waals surface area contributed by atoms with Gasteiger partial charge in [0, 0.05) is 36.9 Å². The van der Waals surface area contributed by atoms with Crippen molar-refractivity contribution in [3.63, 3.8) is 0 Å². The van der Waals surface area contributed by atoms with Gasteiger partial charge in [0.05, 0.1) is 11.1 Å². The number of fused-ring (bicyclic) bond motifs is 2. The van der Waals surface area contributed by atoms with Crippen molar-refractivity contribution in [2.75, 3.05) is 25.0 Å². The van der Waals surface area contributed by atoms with E-state index in [4.69, 9.17) is 4.98 Å². The number of amides is 1. The Hall–Kier alpha value is -2.88. The van der Waals surface area contributed by atoms with Crippen LogP contribution in [0.25, 0.3) is 10.9 Å². The Labute approximate surface area is 153 Å². The van der Waals surface area contributed by atoms with E-state index in [2.05, 4.69) is 22.3 Å². The molecule has 0 bridgehead atoms. The number of hydrogen-bond acceptors (Lipinski definition) is 3. The molecule has 0 spiro atoms. The van der Waals surface area contributed by atoms with Crippen LogP contribution in [-0.4, -0.2) is 31.0 Å². The lowest BCUT2D eigenvalue weighted by Crippen LogP contribution is -2.33. The molecule has 26 heavy (non-hydrogen) atoms. The molecule has 1 aliphatic carbocycles. The summed E-state index contributed by atoms with van der Waals surface area (Å²) in [5.41, 5.74) is 5.12. The number of aryl methyl sites for hydroxylation is 1. The molecule has 0 atom stereocenters. The molecule has 0 fully saturated rings. The summed E-state index contributed by atoms with van der Waals surface area (Å²) in [4.78, 5) is 19.9. The average Bonchev–Trinajstić information content (AvgIpc) is 3.14. The van der Waals surface area contributed by atoms with Crippen molar-refractivity contribution in [2.24, 2.45) is 0 Å². The topological polar surface area (TPSA) is 45.2 Å². The highest BCUT2D eigenvalue weighted by Gasteiger charge is 2.23. The lowest BCUT2D eigenvalue weighted by molar-refractivity contribution is 0.0955. The lowest BCUT2D eigenvalue weighted by atomic mass is 10.0. The average molecular weight is 345 g/mol. The fourth-order valence-electron chi connectivity index (χ4n) is 3.71. The fourth-order valence-corrected chi connectivity index (χ4v) is 3.71. The van der Waals surface area contributed by atoms with E-state index >= 15 is 0 Å². The number of para-hydroxylation sites is 2. The number of nitrogens with zero attached hydrogens (tertiary/aromatic N) is 2. The molecule has 1 heterocycles. The van der Waals surface area contributed by atoms with Crippen molar-refractivity contribution in [1.82, 2.24) is 10.3 Å². The van der Waals surface area contributed by atoms with Gasteiger partial charge >= 0.3 is 0 Å². The van der Waals surface area contributed by atoms with E-state index in [0.717, 1.165) is 59.2 Å². The monoisotopic (exact) mass is 345 g/mol. The number of hydrogen-bond donors (Lipinski definition) is 1. The highest BCUT2D eigenvalue weighted by Crippen LogP contribution is 2.29. The van der Waals surface area contributed by atoms with E-state index in [1.165, 1.54) is 0 Å². The summed E-state index contributed by atoms with van der Waals surface area (Å²) in [6.45, 7) is 1.37. The molecule has 4 rings (SSSR count). The molecule has 1 aliphatic rings. The third kappa shape index (κ3) is 3.15. The molecule has 0 aliphatic heterocycles. The van der Waals surface area contributed by atoms with Crippen molar-refractivity contribution in [3.8, 4) is 0 Å². The molecular weight excluding hydrogens is 322 g/mol. The third-order valence-corrected chi connectivity index (χ3v) is 5.08. The first-order chi connectivity index (χ1) is 12.7. The summed E-state index contributed by atoms with van der Waals surface area (Å²) in [6.07, 6.45) is 2.99. The highest BCUT2D eigenvalue weighted by atomic mass is 16.1. The maximum Gasteiger partial charge on any atom is 0.252 e. The Morgan fingerprint density at radius 2 is 1.85 bits per heavy atom. The fraction of sp³-hybridized carbons (Fsp3) is 0.273. The number of rotatable bonds is 5. The number of aromatic nitrogens is 1. The Morgan fingerprint density at radius 1 is 1.08 bits per heavy atom. The first-order valence-corrected chi connectivity index (χ1v) is 9.19. The van der Waals surface area contributed by atoms with E-state index < -0.39 is 0 Å². The number of pyridine rings is 1. The van der Waals surface area contributed by atoms with Crippen LogP contribution in [-0.2, 0) is 12.8 Å². The quantitative estimate of drug-likeness (QED) is 0.769. The second-order valence-electron chi connectivity index (χ2n) is 6.80. The second-order valence-corrected chi connectivity index (χ2v) is 6.80. The van der Waals surface area contributed by atoms with E-state index in [-0.39, 0.29) is 5.91 Å². The predicted molar refractivity (Wildman–Crippen MR) is 106 cm³/mol. The Morgan fingerprint density at radius 3 is 2.69 bits per heavy atom. The van der Waals surface area contributed by atoms with Crippen LogP contribution in [0, 0.1) is 0 Å². The Bertz CT molecular complexity index is 937. The minimum absolute atomic E-state index is 0.0169. The molecule has 0 radical (unpaired) electrons. The zero-order valence-electron chi connectivity index (χ0n) is 15.0. The number of benzene rings is 2. The third-order valence-electron chi connectivity index (χ3n) is 5.08. The van der Waals surface area contributed by atoms with Gasteiger partial charge in [-0.05, 0) is 43.0 Å². The van der Waals surface area contributed by atoms with Crippen LogP contribution in [0.4, 0.5) is 5.69 Å². The maximum atomic E-state index is 13.0. The summed E-state index contributed by atoms with van der Waals surface area (Å²) < 4.78 is 0. The van der Waals surface area contributed by atoms with Gasteiger partial charge in [0.1, 0.15) is 0 Å². The van der Waals surface area contributed by atoms with Crippen LogP contribution in [0.5, 0.6) is 0 Å². The summed E-state index contributed by atoms with van der Waals surface area (Å²) >= 11 is 0. The molecule has 0 saturated carbocycles. The SMILES string of the molecule is CN(CCNC(=O)c1c2c(nc3ccccc13)CCC2)c1ccccc1. The first kappa shape index (κ1) is 16.6. The number of carbonyl (C=O) groups excluding carboxylic acids is 1. The van der Waals surface area contributed by atoms with Gasteiger partial charge in [-0.2, -0.15) is 0 Å². The normalized spacial score (nSPS) is 12.8. The van der Waals surface area contributed by atoms with Crippen molar-refractivity contribution >= 4 is 22.5 Å². The minimum Gasteiger partial charge on any atom is -0.373 e. The van der Waals surface area contributed by atoms with Gasteiger partial charge in [-0.1, -0.05) is 36.4 Å². The van der Waals surface area contributed by atoms with E-state index in [1.54, 1.807) is 0 Å². The van der Waals surface area contributed by atoms with Gasteiger partial charge in [0.15, 0.2) is 0 Å². The molecule has 1 aromatic heterocycles. The molecule has 2 aromatic carbocycles. The van der Waals surface area contributed by atoms with Gasteiger partial charge in [0.2, 0.25) is 0 Å². The van der Waals surface area contributed by atoms with Crippen molar-refractivity contribution in [2.45, 2.75) is 19.3 Å². The zero-order chi connectivity index (χ0) is 17.9. The first-order valence-electron chi connectivity index (χ1n) is 9.19. The Kier molecular flexibility index (Phi) is 4.57. The molecule has 0 saturated heterocycles. The van der Waals surface area contributed by atoms with Crippen LogP contribution < -0.4 is 10.2 Å². The summed E-state index contributed by atoms with van der Waals surface area (Å²) in [5.74, 6) is 0.0169. The molecule has 3 aromatic rings. The molecular formula is C22H23N3O. The smallest absolute Gasteiger partial charge is 0.252 e. The van der Waals surface area contributed by atoms with Gasteiger partial charge in [-0.15, -0.1) is 0 Å². The van der Waals surface area contributed by atoms with Crippen molar-refractivity contribution < 1.29 is 4.79 Å². The van der Waals surface area contributed by atoms with Crippen LogP contribution >= 0.6 is 0 Å². The second kappa shape index (κ2) is 7.16. The van der Waals surface area contributed by atoms with Gasteiger partial charge in [0.25, 0.3) is 5.91 Å². The standard InChI is InChI=1S/C22H23N3O/c1-25(16-8-3-2-4-9-16)15-14-23-22(26)21-17-10-5-6-12-19(17)24-20-13-7-11-18(20)21/h2-6,8-10,12H,7,11,13-15H2,1H3,(H,23,26).